The van der Waals surface area contributed by atoms with Crippen molar-refractivity contribution in [3.05, 3.63) is 18.2 Å². The molecule has 3 heteroatoms. The third-order valence-corrected chi connectivity index (χ3v) is 2.24. The van der Waals surface area contributed by atoms with E-state index in [-0.39, 0.29) is 0 Å². The Kier molecular flexibility index (Phi) is 3.63. The first-order valence-electron chi connectivity index (χ1n) is 4.87. The van der Waals surface area contributed by atoms with Crippen LogP contribution in [-0.4, -0.2) is 13.2 Å². The van der Waals surface area contributed by atoms with Crippen LogP contribution in [0.25, 0.3) is 0 Å². The minimum Gasteiger partial charge on any atom is -0.495 e. The highest BCUT2D eigenvalue weighted by Gasteiger charge is 2.05. The number of nitrogen functional groups attached to an aromatic ring is 1. The van der Waals surface area contributed by atoms with Crippen LogP contribution in [0.15, 0.2) is 18.2 Å². The quantitative estimate of drug-likeness (QED) is 0.724. The standard InChI is InChI=1S/C11H18N2O/c1-4-8(2)13-10-7-9(12)5-6-11(10)14-3/h5-8,13H,4,12H2,1-3H3. The fraction of sp³-hybridized carbons (Fsp3) is 0.455. The summed E-state index contributed by atoms with van der Waals surface area (Å²) in [5.74, 6) is 0.833. The molecule has 1 aromatic rings. The van der Waals surface area contributed by atoms with Crippen molar-refractivity contribution >= 4 is 11.4 Å². The number of benzene rings is 1. The molecule has 0 amide bonds. The average molecular weight is 194 g/mol. The Morgan fingerprint density at radius 2 is 2.21 bits per heavy atom. The van der Waals surface area contributed by atoms with E-state index in [1.165, 1.54) is 0 Å². The highest BCUT2D eigenvalue weighted by atomic mass is 16.5. The first kappa shape index (κ1) is 10.7. The molecular weight excluding hydrogens is 176 g/mol. The number of rotatable bonds is 4. The number of ether oxygens (including phenoxy) is 1. The second-order valence-corrected chi connectivity index (χ2v) is 3.41. The van der Waals surface area contributed by atoms with Crippen LogP contribution in [0, 0.1) is 0 Å². The van der Waals surface area contributed by atoms with E-state index < -0.39 is 0 Å². The van der Waals surface area contributed by atoms with Crippen molar-refractivity contribution in [2.45, 2.75) is 26.3 Å². The molecule has 14 heavy (non-hydrogen) atoms. The lowest BCUT2D eigenvalue weighted by Gasteiger charge is -2.16. The Balaban J connectivity index is 2.87. The number of hydrogen-bond donors (Lipinski definition) is 2. The van der Waals surface area contributed by atoms with Crippen molar-refractivity contribution in [3.8, 4) is 5.75 Å². The van der Waals surface area contributed by atoms with Crippen LogP contribution in [0.3, 0.4) is 0 Å². The molecule has 0 aromatic heterocycles. The average Bonchev–Trinajstić information content (AvgIpc) is 2.18. The predicted octanol–water partition coefficient (Wildman–Crippen LogP) is 2.49. The van der Waals surface area contributed by atoms with Crippen molar-refractivity contribution in [1.82, 2.24) is 0 Å². The van der Waals surface area contributed by atoms with Crippen molar-refractivity contribution in [2.24, 2.45) is 0 Å². The molecule has 0 radical (unpaired) electrons. The topological polar surface area (TPSA) is 47.3 Å². The van der Waals surface area contributed by atoms with E-state index in [4.69, 9.17) is 10.5 Å². The molecule has 78 valence electrons. The van der Waals surface area contributed by atoms with Gasteiger partial charge in [-0.3, -0.25) is 0 Å². The molecule has 0 saturated carbocycles. The van der Waals surface area contributed by atoms with Gasteiger partial charge < -0.3 is 15.8 Å². The highest BCUT2D eigenvalue weighted by molar-refractivity contribution is 5.63. The number of methoxy groups -OCH3 is 1. The zero-order valence-electron chi connectivity index (χ0n) is 9.00. The Labute approximate surface area is 85.3 Å². The molecule has 0 aliphatic rings. The minimum absolute atomic E-state index is 0.422. The first-order valence-corrected chi connectivity index (χ1v) is 4.87. The third-order valence-electron chi connectivity index (χ3n) is 2.24. The molecule has 1 unspecified atom stereocenters. The lowest BCUT2D eigenvalue weighted by Crippen LogP contribution is -2.14. The fourth-order valence-corrected chi connectivity index (χ4v) is 1.21. The molecule has 0 bridgehead atoms. The van der Waals surface area contributed by atoms with Crippen LogP contribution < -0.4 is 15.8 Å². The van der Waals surface area contributed by atoms with E-state index in [2.05, 4.69) is 19.2 Å². The smallest absolute Gasteiger partial charge is 0.142 e. The lowest BCUT2D eigenvalue weighted by molar-refractivity contribution is 0.416. The Morgan fingerprint density at radius 1 is 1.50 bits per heavy atom. The summed E-state index contributed by atoms with van der Waals surface area (Å²) < 4.78 is 5.23. The van der Waals surface area contributed by atoms with Crippen LogP contribution in [0.2, 0.25) is 0 Å². The van der Waals surface area contributed by atoms with Gasteiger partial charge in [0, 0.05) is 11.7 Å². The number of hydrogen-bond acceptors (Lipinski definition) is 3. The van der Waals surface area contributed by atoms with E-state index in [9.17, 15) is 0 Å². The zero-order chi connectivity index (χ0) is 10.6. The monoisotopic (exact) mass is 194 g/mol. The molecular formula is C11H18N2O. The van der Waals surface area contributed by atoms with Crippen molar-refractivity contribution in [1.29, 1.82) is 0 Å². The van der Waals surface area contributed by atoms with Crippen molar-refractivity contribution in [2.75, 3.05) is 18.2 Å². The zero-order valence-corrected chi connectivity index (χ0v) is 9.00. The van der Waals surface area contributed by atoms with Crippen LogP contribution >= 0.6 is 0 Å². The maximum atomic E-state index is 5.70. The van der Waals surface area contributed by atoms with Crippen LogP contribution in [0.1, 0.15) is 20.3 Å². The fourth-order valence-electron chi connectivity index (χ4n) is 1.21. The highest BCUT2D eigenvalue weighted by Crippen LogP contribution is 2.27. The van der Waals surface area contributed by atoms with Gasteiger partial charge in [-0.05, 0) is 31.5 Å². The first-order chi connectivity index (χ1) is 6.67. The summed E-state index contributed by atoms with van der Waals surface area (Å²) >= 11 is 0. The minimum atomic E-state index is 0.422. The Hall–Kier alpha value is -1.38. The second-order valence-electron chi connectivity index (χ2n) is 3.41. The molecule has 1 rings (SSSR count). The normalized spacial score (nSPS) is 12.2. The van der Waals surface area contributed by atoms with Crippen molar-refractivity contribution < 1.29 is 4.74 Å². The van der Waals surface area contributed by atoms with E-state index >= 15 is 0 Å². The summed E-state index contributed by atoms with van der Waals surface area (Å²) in [6.45, 7) is 4.26. The van der Waals surface area contributed by atoms with E-state index in [0.29, 0.717) is 6.04 Å². The molecule has 0 heterocycles. The predicted molar refractivity (Wildman–Crippen MR) is 60.8 cm³/mol. The molecule has 0 fully saturated rings. The molecule has 3 nitrogen and oxygen atoms in total. The van der Waals surface area contributed by atoms with E-state index in [1.54, 1.807) is 7.11 Å². The third kappa shape index (κ3) is 2.55. The van der Waals surface area contributed by atoms with Crippen LogP contribution in [0.5, 0.6) is 5.75 Å². The summed E-state index contributed by atoms with van der Waals surface area (Å²) in [6, 6.07) is 6.02. The summed E-state index contributed by atoms with van der Waals surface area (Å²) in [5, 5.41) is 3.35. The van der Waals surface area contributed by atoms with Gasteiger partial charge in [-0.1, -0.05) is 6.92 Å². The Morgan fingerprint density at radius 3 is 2.79 bits per heavy atom. The molecule has 1 atom stereocenters. The van der Waals surface area contributed by atoms with Gasteiger partial charge in [0.1, 0.15) is 5.75 Å². The van der Waals surface area contributed by atoms with Crippen LogP contribution in [-0.2, 0) is 0 Å². The lowest BCUT2D eigenvalue weighted by atomic mass is 10.2. The van der Waals surface area contributed by atoms with Gasteiger partial charge in [0.2, 0.25) is 0 Å². The Bertz CT molecular complexity index is 299. The SMILES string of the molecule is CCC(C)Nc1cc(N)ccc1OC. The van der Waals surface area contributed by atoms with Gasteiger partial charge in [0.25, 0.3) is 0 Å². The van der Waals surface area contributed by atoms with Gasteiger partial charge in [-0.2, -0.15) is 0 Å². The van der Waals surface area contributed by atoms with Gasteiger partial charge in [-0.15, -0.1) is 0 Å². The molecule has 3 N–H and O–H groups in total. The number of nitrogens with one attached hydrogen (secondary N) is 1. The van der Waals surface area contributed by atoms with Gasteiger partial charge in [0.05, 0.1) is 12.8 Å². The molecule has 0 aliphatic heterocycles. The van der Waals surface area contributed by atoms with Gasteiger partial charge in [0.15, 0.2) is 0 Å². The summed E-state index contributed by atoms with van der Waals surface area (Å²) in [4.78, 5) is 0. The molecule has 0 spiro atoms. The van der Waals surface area contributed by atoms with Gasteiger partial charge in [-0.25, -0.2) is 0 Å². The van der Waals surface area contributed by atoms with E-state index in [1.807, 2.05) is 18.2 Å². The van der Waals surface area contributed by atoms with Crippen LogP contribution in [0.4, 0.5) is 11.4 Å². The van der Waals surface area contributed by atoms with E-state index in [0.717, 1.165) is 23.5 Å². The summed E-state index contributed by atoms with van der Waals surface area (Å²) in [7, 11) is 1.66. The maximum Gasteiger partial charge on any atom is 0.142 e. The van der Waals surface area contributed by atoms with Crippen molar-refractivity contribution in [3.63, 3.8) is 0 Å². The molecule has 0 aliphatic carbocycles. The molecule has 0 saturated heterocycles. The largest absolute Gasteiger partial charge is 0.495 e. The molecule has 1 aromatic carbocycles. The van der Waals surface area contributed by atoms with Gasteiger partial charge >= 0.3 is 0 Å². The summed E-state index contributed by atoms with van der Waals surface area (Å²) in [5.41, 5.74) is 7.41. The number of nitrogens with two attached hydrogens (primary N) is 1. The summed E-state index contributed by atoms with van der Waals surface area (Å²) in [6.07, 6.45) is 1.07. The number of anilines is 2. The maximum absolute atomic E-state index is 5.70. The second kappa shape index (κ2) is 4.74.